The summed E-state index contributed by atoms with van der Waals surface area (Å²) >= 11 is 5.80. The Balaban J connectivity index is 1.51. The van der Waals surface area contributed by atoms with Crippen molar-refractivity contribution < 1.29 is 4.79 Å². The predicted molar refractivity (Wildman–Crippen MR) is 63.2 cm³/mol. The lowest BCUT2D eigenvalue weighted by atomic mass is 9.71. The van der Waals surface area contributed by atoms with Gasteiger partial charge in [0.15, 0.2) is 11.0 Å². The summed E-state index contributed by atoms with van der Waals surface area (Å²) in [5.41, 5.74) is 5.87. The monoisotopic (exact) mass is 252 g/mol. The molecule has 3 rings (SSSR count). The van der Waals surface area contributed by atoms with E-state index in [1.165, 1.54) is 25.2 Å². The molecule has 2 aliphatic carbocycles. The fourth-order valence-electron chi connectivity index (χ4n) is 2.38. The average Bonchev–Trinajstić information content (AvgIpc) is 3.06. The summed E-state index contributed by atoms with van der Waals surface area (Å²) in [6.07, 6.45) is 7.64. The minimum absolute atomic E-state index is 0.0178. The van der Waals surface area contributed by atoms with Crippen LogP contribution in [0.2, 0.25) is 5.15 Å². The smallest absolute Gasteiger partial charge is 0.241 e. The average molecular weight is 253 g/mol. The van der Waals surface area contributed by atoms with E-state index in [1.807, 2.05) is 0 Å². The van der Waals surface area contributed by atoms with Gasteiger partial charge >= 0.3 is 0 Å². The fourth-order valence-corrected chi connectivity index (χ4v) is 2.54. The van der Waals surface area contributed by atoms with Crippen LogP contribution in [0.25, 0.3) is 0 Å². The van der Waals surface area contributed by atoms with Gasteiger partial charge in [-0.15, -0.1) is 0 Å². The number of carbonyl (C=O) groups excluding carboxylic acids is 1. The number of amides is 1. The largest absolute Gasteiger partial charge is 0.279 e. The summed E-state index contributed by atoms with van der Waals surface area (Å²) in [6.45, 7) is 0. The van der Waals surface area contributed by atoms with E-state index < -0.39 is 0 Å². The standard InChI is InChI=1S/C11H13ClN4O/c12-8-9(14-4-3-13-8)15-16-10(17)7-5-11(6-7)1-2-11/h3-4,7H,1-2,5-6H2,(H,14,15)(H,16,17). The molecule has 1 aromatic heterocycles. The second kappa shape index (κ2) is 3.84. The Morgan fingerprint density at radius 1 is 1.35 bits per heavy atom. The van der Waals surface area contributed by atoms with Crippen LogP contribution in [0.4, 0.5) is 5.82 Å². The summed E-state index contributed by atoms with van der Waals surface area (Å²) in [4.78, 5) is 19.6. The van der Waals surface area contributed by atoms with Gasteiger partial charge in [-0.05, 0) is 31.1 Å². The van der Waals surface area contributed by atoms with Crippen molar-refractivity contribution in [3.63, 3.8) is 0 Å². The molecule has 17 heavy (non-hydrogen) atoms. The van der Waals surface area contributed by atoms with Crippen LogP contribution in [-0.4, -0.2) is 15.9 Å². The first-order chi connectivity index (χ1) is 8.19. The Labute approximate surface area is 104 Å². The highest BCUT2D eigenvalue weighted by molar-refractivity contribution is 6.31. The second-order valence-corrected chi connectivity index (χ2v) is 5.27. The van der Waals surface area contributed by atoms with E-state index in [1.54, 1.807) is 0 Å². The molecule has 0 bridgehead atoms. The molecule has 5 nitrogen and oxygen atoms in total. The molecule has 6 heteroatoms. The third kappa shape index (κ3) is 2.07. The Bertz CT molecular complexity index is 453. The Hall–Kier alpha value is -1.36. The van der Waals surface area contributed by atoms with Crippen molar-refractivity contribution in [2.75, 3.05) is 5.43 Å². The molecule has 1 spiro atoms. The minimum Gasteiger partial charge on any atom is -0.279 e. The van der Waals surface area contributed by atoms with E-state index in [-0.39, 0.29) is 17.0 Å². The molecule has 1 amide bonds. The highest BCUT2D eigenvalue weighted by Crippen LogP contribution is 2.63. The highest BCUT2D eigenvalue weighted by atomic mass is 35.5. The molecule has 0 unspecified atom stereocenters. The van der Waals surface area contributed by atoms with E-state index >= 15 is 0 Å². The molecule has 90 valence electrons. The molecule has 2 fully saturated rings. The van der Waals surface area contributed by atoms with Gasteiger partial charge in [0.25, 0.3) is 0 Å². The number of hydrazine groups is 1. The topological polar surface area (TPSA) is 66.9 Å². The van der Waals surface area contributed by atoms with Crippen LogP contribution in [-0.2, 0) is 4.79 Å². The Morgan fingerprint density at radius 2 is 2.06 bits per heavy atom. The summed E-state index contributed by atoms with van der Waals surface area (Å²) < 4.78 is 0. The van der Waals surface area contributed by atoms with Crippen LogP contribution in [0.15, 0.2) is 12.4 Å². The minimum atomic E-state index is 0.0178. The zero-order valence-electron chi connectivity index (χ0n) is 9.24. The van der Waals surface area contributed by atoms with Gasteiger partial charge in [-0.1, -0.05) is 11.6 Å². The van der Waals surface area contributed by atoms with Crippen molar-refractivity contribution in [2.24, 2.45) is 11.3 Å². The van der Waals surface area contributed by atoms with Crippen LogP contribution in [0.3, 0.4) is 0 Å². The molecule has 1 aromatic rings. The van der Waals surface area contributed by atoms with E-state index in [2.05, 4.69) is 20.8 Å². The quantitative estimate of drug-likeness (QED) is 0.805. The van der Waals surface area contributed by atoms with Gasteiger partial charge in [-0.25, -0.2) is 9.97 Å². The SMILES string of the molecule is O=C(NNc1nccnc1Cl)C1CC2(CC2)C1. The maximum Gasteiger partial charge on any atom is 0.241 e. The van der Waals surface area contributed by atoms with Gasteiger partial charge in [-0.2, -0.15) is 0 Å². The number of hydrogen-bond acceptors (Lipinski definition) is 4. The molecule has 2 aliphatic rings. The van der Waals surface area contributed by atoms with Gasteiger partial charge < -0.3 is 0 Å². The number of nitrogens with zero attached hydrogens (tertiary/aromatic N) is 2. The molecule has 0 aromatic carbocycles. The fraction of sp³-hybridized carbons (Fsp3) is 0.545. The lowest BCUT2D eigenvalue weighted by molar-refractivity contribution is -0.129. The van der Waals surface area contributed by atoms with Gasteiger partial charge in [-0.3, -0.25) is 15.6 Å². The van der Waals surface area contributed by atoms with Gasteiger partial charge in [0, 0.05) is 18.3 Å². The van der Waals surface area contributed by atoms with Crippen molar-refractivity contribution in [3.8, 4) is 0 Å². The first-order valence-corrected chi connectivity index (χ1v) is 6.09. The van der Waals surface area contributed by atoms with Crippen LogP contribution in [0.5, 0.6) is 0 Å². The number of hydrogen-bond donors (Lipinski definition) is 2. The molecule has 0 aliphatic heterocycles. The molecular weight excluding hydrogens is 240 g/mol. The summed E-state index contributed by atoms with van der Waals surface area (Å²) in [5, 5.41) is 0.250. The van der Waals surface area contributed by atoms with Crippen molar-refractivity contribution in [2.45, 2.75) is 25.7 Å². The second-order valence-electron chi connectivity index (χ2n) is 4.92. The zero-order chi connectivity index (χ0) is 11.9. The lowest BCUT2D eigenvalue weighted by Crippen LogP contribution is -2.42. The van der Waals surface area contributed by atoms with Crippen molar-refractivity contribution in [1.82, 2.24) is 15.4 Å². The first-order valence-electron chi connectivity index (χ1n) is 5.71. The molecule has 0 atom stereocenters. The van der Waals surface area contributed by atoms with Crippen molar-refractivity contribution >= 4 is 23.3 Å². The van der Waals surface area contributed by atoms with E-state index in [0.717, 1.165) is 12.8 Å². The number of nitrogens with one attached hydrogen (secondary N) is 2. The highest BCUT2D eigenvalue weighted by Gasteiger charge is 2.54. The molecule has 0 radical (unpaired) electrons. The van der Waals surface area contributed by atoms with Gasteiger partial charge in [0.1, 0.15) is 0 Å². The van der Waals surface area contributed by atoms with E-state index in [4.69, 9.17) is 11.6 Å². The number of rotatable bonds is 3. The Morgan fingerprint density at radius 3 is 2.71 bits per heavy atom. The third-order valence-corrected chi connectivity index (χ3v) is 3.92. The third-order valence-electron chi connectivity index (χ3n) is 3.64. The number of carbonyl (C=O) groups is 1. The maximum atomic E-state index is 11.8. The lowest BCUT2D eigenvalue weighted by Gasteiger charge is -2.34. The molecule has 0 saturated heterocycles. The van der Waals surface area contributed by atoms with Crippen LogP contribution < -0.4 is 10.9 Å². The summed E-state index contributed by atoms with van der Waals surface area (Å²) in [7, 11) is 0. The van der Waals surface area contributed by atoms with Crippen LogP contribution in [0.1, 0.15) is 25.7 Å². The number of halogens is 1. The number of aromatic nitrogens is 2. The first kappa shape index (κ1) is 10.8. The normalized spacial score (nSPS) is 20.8. The van der Waals surface area contributed by atoms with E-state index in [0.29, 0.717) is 11.2 Å². The van der Waals surface area contributed by atoms with E-state index in [9.17, 15) is 4.79 Å². The molecule has 2 saturated carbocycles. The van der Waals surface area contributed by atoms with Crippen molar-refractivity contribution in [3.05, 3.63) is 17.5 Å². The summed E-state index contributed by atoms with van der Waals surface area (Å²) in [6, 6.07) is 0. The summed E-state index contributed by atoms with van der Waals surface area (Å²) in [5.74, 6) is 0.535. The van der Waals surface area contributed by atoms with Crippen LogP contribution >= 0.6 is 11.6 Å². The maximum absolute atomic E-state index is 11.8. The molecular formula is C11H13ClN4O. The van der Waals surface area contributed by atoms with Gasteiger partial charge in [0.05, 0.1) is 0 Å². The zero-order valence-corrected chi connectivity index (χ0v) is 10.00. The number of anilines is 1. The Kier molecular flexibility index (Phi) is 2.43. The molecule has 1 heterocycles. The van der Waals surface area contributed by atoms with Crippen LogP contribution in [0, 0.1) is 11.3 Å². The van der Waals surface area contributed by atoms with Gasteiger partial charge in [0.2, 0.25) is 5.91 Å². The predicted octanol–water partition coefficient (Wildman–Crippen LogP) is 1.76. The van der Waals surface area contributed by atoms with Crippen molar-refractivity contribution in [1.29, 1.82) is 0 Å². The molecule has 2 N–H and O–H groups in total.